The highest BCUT2D eigenvalue weighted by atomic mass is 32.2. The summed E-state index contributed by atoms with van der Waals surface area (Å²) in [6.45, 7) is 3.44. The first-order valence-corrected chi connectivity index (χ1v) is 14.5. The van der Waals surface area contributed by atoms with Gasteiger partial charge in [-0.3, -0.25) is 4.72 Å². The van der Waals surface area contributed by atoms with Crippen molar-refractivity contribution in [2.24, 2.45) is 0 Å². The lowest BCUT2D eigenvalue weighted by atomic mass is 10.1. The van der Waals surface area contributed by atoms with E-state index in [2.05, 4.69) is 33.9 Å². The van der Waals surface area contributed by atoms with E-state index in [9.17, 15) is 8.42 Å². The zero-order valence-corrected chi connectivity index (χ0v) is 22.6. The molecule has 0 heterocycles. The lowest BCUT2D eigenvalue weighted by Crippen LogP contribution is -2.23. The van der Waals surface area contributed by atoms with Gasteiger partial charge in [-0.15, -0.1) is 0 Å². The molecule has 0 spiro atoms. The molecule has 0 unspecified atom stereocenters. The second-order valence-electron chi connectivity index (χ2n) is 9.38. The summed E-state index contributed by atoms with van der Waals surface area (Å²) >= 11 is 0. The van der Waals surface area contributed by atoms with Gasteiger partial charge in [-0.1, -0.05) is 60.7 Å². The molecule has 198 valence electrons. The van der Waals surface area contributed by atoms with Crippen LogP contribution in [0.2, 0.25) is 0 Å². The van der Waals surface area contributed by atoms with Crippen LogP contribution in [0, 0.1) is 6.92 Å². The topological polar surface area (TPSA) is 78.9 Å². The van der Waals surface area contributed by atoms with Crippen molar-refractivity contribution in [1.82, 2.24) is 0 Å². The van der Waals surface area contributed by atoms with E-state index >= 15 is 0 Å². The van der Waals surface area contributed by atoms with Crippen molar-refractivity contribution in [3.8, 4) is 11.5 Å². The highest BCUT2D eigenvalue weighted by Crippen LogP contribution is 2.30. The van der Waals surface area contributed by atoms with Crippen LogP contribution in [0.4, 0.5) is 11.4 Å². The molecule has 0 aliphatic rings. The number of aliphatic hydroxyl groups excluding tert-OH is 1. The van der Waals surface area contributed by atoms with Gasteiger partial charge in [-0.2, -0.15) is 0 Å². The summed E-state index contributed by atoms with van der Waals surface area (Å²) in [6.07, 6.45) is 2.76. The first-order valence-electron chi connectivity index (χ1n) is 12.6. The van der Waals surface area contributed by atoms with Crippen molar-refractivity contribution in [2.45, 2.75) is 32.9 Å². The van der Waals surface area contributed by atoms with Gasteiger partial charge < -0.3 is 14.7 Å². The summed E-state index contributed by atoms with van der Waals surface area (Å²) < 4.78 is 32.4. The van der Waals surface area contributed by atoms with Crippen molar-refractivity contribution in [2.75, 3.05) is 22.5 Å². The average Bonchev–Trinajstić information content (AvgIpc) is 2.90. The molecule has 4 rings (SSSR count). The largest absolute Gasteiger partial charge is 0.457 e. The smallest absolute Gasteiger partial charge is 0.229 e. The molecular weight excluding hydrogens is 496 g/mol. The molecule has 38 heavy (non-hydrogen) atoms. The molecule has 0 aliphatic carbocycles. The molecule has 7 heteroatoms. The van der Waals surface area contributed by atoms with Gasteiger partial charge in [0, 0.05) is 25.4 Å². The highest BCUT2D eigenvalue weighted by molar-refractivity contribution is 7.92. The SMILES string of the molecule is Cc1c(NS(C)(=O)=O)cccc1N(Cc1ccccc1)Cc1ccc(Oc2ccc(CCCO)cc2)cc1. The number of aryl methyl sites for hydroxylation is 1. The first kappa shape index (κ1) is 27.2. The number of rotatable bonds is 12. The van der Waals surface area contributed by atoms with Crippen molar-refractivity contribution in [1.29, 1.82) is 0 Å². The summed E-state index contributed by atoms with van der Waals surface area (Å²) in [5.41, 5.74) is 5.85. The van der Waals surface area contributed by atoms with Gasteiger partial charge in [0.05, 0.1) is 11.9 Å². The van der Waals surface area contributed by atoms with Crippen LogP contribution in [-0.2, 0) is 29.5 Å². The first-order chi connectivity index (χ1) is 18.3. The minimum atomic E-state index is -3.39. The summed E-state index contributed by atoms with van der Waals surface area (Å²) in [5.74, 6) is 1.52. The molecule has 6 nitrogen and oxygen atoms in total. The van der Waals surface area contributed by atoms with Gasteiger partial charge in [-0.05, 0) is 78.4 Å². The van der Waals surface area contributed by atoms with E-state index in [0.717, 1.165) is 53.0 Å². The van der Waals surface area contributed by atoms with Crippen LogP contribution >= 0.6 is 0 Å². The monoisotopic (exact) mass is 530 g/mol. The average molecular weight is 531 g/mol. The van der Waals surface area contributed by atoms with Crippen LogP contribution in [0.1, 0.15) is 28.7 Å². The second kappa shape index (κ2) is 12.6. The number of nitrogens with zero attached hydrogens (tertiary/aromatic N) is 1. The molecule has 0 saturated heterocycles. The molecule has 0 saturated carbocycles. The third-order valence-corrected chi connectivity index (χ3v) is 6.83. The fourth-order valence-electron chi connectivity index (χ4n) is 4.33. The van der Waals surface area contributed by atoms with Crippen molar-refractivity contribution < 1.29 is 18.3 Å². The minimum Gasteiger partial charge on any atom is -0.457 e. The third-order valence-electron chi connectivity index (χ3n) is 6.24. The van der Waals surface area contributed by atoms with E-state index in [-0.39, 0.29) is 6.61 Å². The van der Waals surface area contributed by atoms with E-state index in [4.69, 9.17) is 9.84 Å². The molecule has 4 aromatic rings. The predicted molar refractivity (Wildman–Crippen MR) is 154 cm³/mol. The quantitative estimate of drug-likeness (QED) is 0.225. The van der Waals surface area contributed by atoms with E-state index in [1.165, 1.54) is 5.56 Å². The molecule has 0 aromatic heterocycles. The molecule has 2 N–H and O–H groups in total. The number of ether oxygens (including phenoxy) is 1. The van der Waals surface area contributed by atoms with Crippen molar-refractivity contribution >= 4 is 21.4 Å². The van der Waals surface area contributed by atoms with Crippen molar-refractivity contribution in [3.05, 3.63) is 119 Å². The number of hydrogen-bond donors (Lipinski definition) is 2. The summed E-state index contributed by atoms with van der Waals surface area (Å²) in [7, 11) is -3.39. The molecule has 0 atom stereocenters. The van der Waals surface area contributed by atoms with Gasteiger partial charge in [0.2, 0.25) is 10.0 Å². The Kier molecular flexibility index (Phi) is 9.05. The Morgan fingerprint density at radius 2 is 1.34 bits per heavy atom. The minimum absolute atomic E-state index is 0.190. The number of nitrogens with one attached hydrogen (secondary N) is 1. The van der Waals surface area contributed by atoms with Gasteiger partial charge in [0.25, 0.3) is 0 Å². The summed E-state index contributed by atoms with van der Waals surface area (Å²) in [5, 5.41) is 9.01. The van der Waals surface area contributed by atoms with E-state index in [1.54, 1.807) is 6.07 Å². The van der Waals surface area contributed by atoms with E-state index in [0.29, 0.717) is 18.8 Å². The maximum Gasteiger partial charge on any atom is 0.229 e. The third kappa shape index (κ3) is 7.84. The predicted octanol–water partition coefficient (Wildman–Crippen LogP) is 6.29. The Balaban J connectivity index is 1.53. The van der Waals surface area contributed by atoms with E-state index < -0.39 is 10.0 Å². The highest BCUT2D eigenvalue weighted by Gasteiger charge is 2.15. The molecule has 0 aliphatic heterocycles. The van der Waals surface area contributed by atoms with Crippen LogP contribution in [-0.4, -0.2) is 26.4 Å². The van der Waals surface area contributed by atoms with E-state index in [1.807, 2.05) is 73.7 Å². The zero-order valence-electron chi connectivity index (χ0n) is 21.8. The van der Waals surface area contributed by atoms with Crippen molar-refractivity contribution in [3.63, 3.8) is 0 Å². The molecule has 0 amide bonds. The van der Waals surface area contributed by atoms with Crippen LogP contribution < -0.4 is 14.4 Å². The van der Waals surface area contributed by atoms with Gasteiger partial charge in [0.1, 0.15) is 11.5 Å². The maximum atomic E-state index is 11.9. The van der Waals surface area contributed by atoms with Crippen LogP contribution in [0.15, 0.2) is 97.1 Å². The Bertz CT molecular complexity index is 1420. The van der Waals surface area contributed by atoms with Gasteiger partial charge in [-0.25, -0.2) is 8.42 Å². The molecule has 4 aromatic carbocycles. The Morgan fingerprint density at radius 1 is 0.763 bits per heavy atom. The Hall–Kier alpha value is -3.81. The molecular formula is C31H34N2O4S. The number of aliphatic hydroxyl groups is 1. The normalized spacial score (nSPS) is 11.2. The van der Waals surface area contributed by atoms with Crippen LogP contribution in [0.5, 0.6) is 11.5 Å². The summed E-state index contributed by atoms with van der Waals surface area (Å²) in [6, 6.07) is 31.9. The summed E-state index contributed by atoms with van der Waals surface area (Å²) in [4.78, 5) is 2.25. The fraction of sp³-hybridized carbons (Fsp3) is 0.226. The number of anilines is 2. The number of benzene rings is 4. The van der Waals surface area contributed by atoms with Gasteiger partial charge >= 0.3 is 0 Å². The Labute approximate surface area is 225 Å². The number of sulfonamides is 1. The van der Waals surface area contributed by atoms with Gasteiger partial charge in [0.15, 0.2) is 0 Å². The standard InChI is InChI=1S/C31H34N2O4S/c1-24-30(32-38(2,35)36)11-6-12-31(24)33(22-26-8-4-3-5-9-26)23-27-15-19-29(20-16-27)37-28-17-13-25(14-18-28)10-7-21-34/h3-6,8-9,11-20,32,34H,7,10,21-23H2,1-2H3. The van der Waals surface area contributed by atoms with Crippen LogP contribution in [0.25, 0.3) is 0 Å². The lowest BCUT2D eigenvalue weighted by molar-refractivity contribution is 0.288. The maximum absolute atomic E-state index is 11.9. The molecule has 0 fully saturated rings. The molecule has 0 bridgehead atoms. The lowest BCUT2D eigenvalue weighted by Gasteiger charge is -2.28. The number of hydrogen-bond acceptors (Lipinski definition) is 5. The Morgan fingerprint density at radius 3 is 1.92 bits per heavy atom. The molecule has 0 radical (unpaired) electrons. The zero-order chi connectivity index (χ0) is 27.0. The van der Waals surface area contributed by atoms with Crippen LogP contribution in [0.3, 0.4) is 0 Å². The second-order valence-corrected chi connectivity index (χ2v) is 11.1. The fourth-order valence-corrected chi connectivity index (χ4v) is 4.95.